The van der Waals surface area contributed by atoms with Gasteiger partial charge in [0.2, 0.25) is 0 Å². The molecule has 0 unspecified atom stereocenters. The van der Waals surface area contributed by atoms with Gasteiger partial charge in [0.25, 0.3) is 5.91 Å². The summed E-state index contributed by atoms with van der Waals surface area (Å²) in [6, 6.07) is 12.8. The lowest BCUT2D eigenvalue weighted by Crippen LogP contribution is -2.21. The average Bonchev–Trinajstić information content (AvgIpc) is 2.60. The second-order valence-corrected chi connectivity index (χ2v) is 5.05. The van der Waals surface area contributed by atoms with Gasteiger partial charge < -0.3 is 19.5 Å². The third-order valence-electron chi connectivity index (χ3n) is 3.53. The Morgan fingerprint density at radius 1 is 1.09 bits per heavy atom. The molecule has 0 fully saturated rings. The van der Waals surface area contributed by atoms with Crippen molar-refractivity contribution in [3.63, 3.8) is 0 Å². The van der Waals surface area contributed by atoms with Gasteiger partial charge in [0, 0.05) is 29.4 Å². The quantitative estimate of drug-likeness (QED) is 0.942. The van der Waals surface area contributed by atoms with Gasteiger partial charge in [-0.3, -0.25) is 4.79 Å². The highest BCUT2D eigenvalue weighted by Gasteiger charge is 2.17. The Hall–Kier alpha value is -2.95. The summed E-state index contributed by atoms with van der Waals surface area (Å²) in [7, 11) is 3.13. The van der Waals surface area contributed by atoms with Crippen LogP contribution >= 0.6 is 0 Å². The van der Waals surface area contributed by atoms with Crippen molar-refractivity contribution in [2.24, 2.45) is 0 Å². The van der Waals surface area contributed by atoms with E-state index in [9.17, 15) is 4.79 Å². The zero-order valence-electron chi connectivity index (χ0n) is 13.0. The van der Waals surface area contributed by atoms with Crippen molar-refractivity contribution < 1.29 is 19.0 Å². The number of nitrogens with one attached hydrogen (secondary N) is 1. The van der Waals surface area contributed by atoms with E-state index in [1.807, 2.05) is 30.3 Å². The Bertz CT molecular complexity index is 745. The van der Waals surface area contributed by atoms with E-state index in [-0.39, 0.29) is 12.5 Å². The minimum Gasteiger partial charge on any atom is -0.497 e. The van der Waals surface area contributed by atoms with Crippen LogP contribution in [-0.4, -0.2) is 26.7 Å². The van der Waals surface area contributed by atoms with Gasteiger partial charge in [-0.2, -0.15) is 0 Å². The van der Waals surface area contributed by atoms with Crippen LogP contribution in [0, 0.1) is 0 Å². The van der Waals surface area contributed by atoms with Crippen molar-refractivity contribution in [2.75, 3.05) is 26.1 Å². The van der Waals surface area contributed by atoms with E-state index in [2.05, 4.69) is 5.32 Å². The van der Waals surface area contributed by atoms with E-state index >= 15 is 0 Å². The molecular formula is C18H17NO4. The fourth-order valence-electron chi connectivity index (χ4n) is 2.34. The molecule has 23 heavy (non-hydrogen) atoms. The minimum atomic E-state index is -0.213. The first-order valence-corrected chi connectivity index (χ1v) is 7.16. The number of methoxy groups -OCH3 is 2. The van der Waals surface area contributed by atoms with Crippen LogP contribution in [0.3, 0.4) is 0 Å². The molecule has 1 aliphatic heterocycles. The molecule has 0 aliphatic carbocycles. The van der Waals surface area contributed by atoms with Gasteiger partial charge in [-0.25, -0.2) is 0 Å². The Labute approximate surface area is 134 Å². The molecule has 0 saturated heterocycles. The first kappa shape index (κ1) is 15.0. The van der Waals surface area contributed by atoms with Crippen molar-refractivity contribution in [1.82, 2.24) is 0 Å². The molecule has 1 aliphatic rings. The number of anilines is 1. The van der Waals surface area contributed by atoms with Crippen molar-refractivity contribution in [3.05, 3.63) is 53.6 Å². The molecule has 1 heterocycles. The number of hydrogen-bond donors (Lipinski definition) is 1. The number of ether oxygens (including phenoxy) is 3. The van der Waals surface area contributed by atoms with Crippen LogP contribution < -0.4 is 19.5 Å². The molecule has 1 amide bonds. The lowest BCUT2D eigenvalue weighted by atomic mass is 10.1. The lowest BCUT2D eigenvalue weighted by molar-refractivity contribution is -0.113. The number of amides is 1. The van der Waals surface area contributed by atoms with Gasteiger partial charge in [0.1, 0.15) is 23.9 Å². The smallest absolute Gasteiger partial charge is 0.255 e. The molecule has 1 N–H and O–H groups in total. The van der Waals surface area contributed by atoms with Crippen LogP contribution in [0.15, 0.2) is 48.0 Å². The predicted octanol–water partition coefficient (Wildman–Crippen LogP) is 3.12. The molecule has 0 spiro atoms. The van der Waals surface area contributed by atoms with Crippen LogP contribution in [0.1, 0.15) is 5.56 Å². The number of fused-ring (bicyclic) bond motifs is 1. The molecule has 118 valence electrons. The topological polar surface area (TPSA) is 56.8 Å². The number of para-hydroxylation sites is 1. The summed E-state index contributed by atoms with van der Waals surface area (Å²) in [4.78, 5) is 12.4. The van der Waals surface area contributed by atoms with Crippen LogP contribution in [0.4, 0.5) is 5.69 Å². The zero-order valence-corrected chi connectivity index (χ0v) is 13.0. The average molecular weight is 311 g/mol. The Morgan fingerprint density at radius 3 is 2.48 bits per heavy atom. The normalized spacial score (nSPS) is 12.5. The maximum Gasteiger partial charge on any atom is 0.255 e. The number of carbonyl (C=O) groups is 1. The summed E-state index contributed by atoms with van der Waals surface area (Å²) < 4.78 is 16.0. The Balaban J connectivity index is 1.81. The second-order valence-electron chi connectivity index (χ2n) is 5.05. The van der Waals surface area contributed by atoms with Crippen molar-refractivity contribution in [3.8, 4) is 17.2 Å². The number of benzene rings is 2. The minimum absolute atomic E-state index is 0.213. The van der Waals surface area contributed by atoms with Gasteiger partial charge in [-0.15, -0.1) is 0 Å². The van der Waals surface area contributed by atoms with Crippen molar-refractivity contribution in [1.29, 1.82) is 0 Å². The molecule has 5 nitrogen and oxygen atoms in total. The fraction of sp³-hybridized carbons (Fsp3) is 0.167. The summed E-state index contributed by atoms with van der Waals surface area (Å²) in [5.74, 6) is 1.79. The van der Waals surface area contributed by atoms with Gasteiger partial charge in [0.15, 0.2) is 0 Å². The Morgan fingerprint density at radius 2 is 1.78 bits per heavy atom. The lowest BCUT2D eigenvalue weighted by Gasteiger charge is -2.17. The maximum atomic E-state index is 12.4. The Kier molecular flexibility index (Phi) is 4.19. The zero-order chi connectivity index (χ0) is 16.2. The van der Waals surface area contributed by atoms with Crippen molar-refractivity contribution >= 4 is 17.7 Å². The first-order chi connectivity index (χ1) is 11.2. The van der Waals surface area contributed by atoms with Gasteiger partial charge in [-0.1, -0.05) is 18.2 Å². The van der Waals surface area contributed by atoms with E-state index in [0.717, 1.165) is 11.3 Å². The highest BCUT2D eigenvalue weighted by Crippen LogP contribution is 2.28. The second kappa shape index (κ2) is 6.44. The predicted molar refractivity (Wildman–Crippen MR) is 88.1 cm³/mol. The van der Waals surface area contributed by atoms with Gasteiger partial charge >= 0.3 is 0 Å². The highest BCUT2D eigenvalue weighted by atomic mass is 16.5. The summed E-state index contributed by atoms with van der Waals surface area (Å²) in [6.45, 7) is 0.240. The van der Waals surface area contributed by atoms with Gasteiger partial charge in [-0.05, 0) is 12.1 Å². The van der Waals surface area contributed by atoms with E-state index in [1.54, 1.807) is 32.4 Å². The van der Waals surface area contributed by atoms with Crippen LogP contribution in [0.5, 0.6) is 17.2 Å². The largest absolute Gasteiger partial charge is 0.497 e. The van der Waals surface area contributed by atoms with E-state index in [1.165, 1.54) is 0 Å². The molecule has 0 bridgehead atoms. The molecule has 2 aromatic carbocycles. The molecule has 0 aromatic heterocycles. The summed E-state index contributed by atoms with van der Waals surface area (Å²) in [6.07, 6.45) is 1.84. The first-order valence-electron chi connectivity index (χ1n) is 7.16. The monoisotopic (exact) mass is 311 g/mol. The number of hydrogen-bond acceptors (Lipinski definition) is 4. The van der Waals surface area contributed by atoms with Crippen LogP contribution in [0.25, 0.3) is 6.08 Å². The van der Waals surface area contributed by atoms with E-state index in [0.29, 0.717) is 22.8 Å². The van der Waals surface area contributed by atoms with Crippen molar-refractivity contribution in [2.45, 2.75) is 0 Å². The highest BCUT2D eigenvalue weighted by molar-refractivity contribution is 6.07. The molecule has 2 aromatic rings. The number of carbonyl (C=O) groups excluding carboxylic acids is 1. The maximum absolute atomic E-state index is 12.4. The third kappa shape index (κ3) is 3.29. The molecule has 0 atom stereocenters. The molecule has 0 saturated carbocycles. The molecule has 0 radical (unpaired) electrons. The van der Waals surface area contributed by atoms with E-state index < -0.39 is 0 Å². The van der Waals surface area contributed by atoms with Crippen LogP contribution in [0.2, 0.25) is 0 Å². The van der Waals surface area contributed by atoms with E-state index in [4.69, 9.17) is 14.2 Å². The summed E-state index contributed by atoms with van der Waals surface area (Å²) in [5.41, 5.74) is 2.06. The van der Waals surface area contributed by atoms with Gasteiger partial charge in [0.05, 0.1) is 19.8 Å². The SMILES string of the molecule is COc1cc(NC(=O)C2=Cc3ccccc3OC2)cc(OC)c1. The number of rotatable bonds is 4. The summed E-state index contributed by atoms with van der Waals surface area (Å²) in [5, 5.41) is 2.84. The standard InChI is InChI=1S/C18H17NO4/c1-21-15-8-14(9-16(10-15)22-2)19-18(20)13-7-12-5-3-4-6-17(12)23-11-13/h3-10H,11H2,1-2H3,(H,19,20). The third-order valence-corrected chi connectivity index (χ3v) is 3.53. The molecular weight excluding hydrogens is 294 g/mol. The molecule has 5 heteroatoms. The molecule has 3 rings (SSSR count). The summed E-state index contributed by atoms with van der Waals surface area (Å²) >= 11 is 0. The fourth-order valence-corrected chi connectivity index (χ4v) is 2.34. The van der Waals surface area contributed by atoms with Crippen LogP contribution in [-0.2, 0) is 4.79 Å².